The lowest BCUT2D eigenvalue weighted by Gasteiger charge is -2.24. The molecule has 0 radical (unpaired) electrons. The number of nitrogens with zero attached hydrogens (tertiary/aromatic N) is 3. The summed E-state index contributed by atoms with van der Waals surface area (Å²) in [5.41, 5.74) is 13.9. The molecule has 4 heteroatoms. The van der Waals surface area contributed by atoms with Crippen molar-refractivity contribution in [3.63, 3.8) is 0 Å². The summed E-state index contributed by atoms with van der Waals surface area (Å²) in [6.07, 6.45) is 0. The van der Waals surface area contributed by atoms with Crippen LogP contribution < -0.4 is 0 Å². The molecule has 1 aliphatic rings. The number of furan rings is 1. The normalized spacial score (nSPS) is 13.0. The van der Waals surface area contributed by atoms with Gasteiger partial charge in [-0.3, -0.25) is 0 Å². The lowest BCUT2D eigenvalue weighted by atomic mass is 9.80. The highest BCUT2D eigenvalue weighted by Crippen LogP contribution is 2.52. The highest BCUT2D eigenvalue weighted by Gasteiger charge is 2.38. The summed E-state index contributed by atoms with van der Waals surface area (Å²) in [6.45, 7) is 4.60. The van der Waals surface area contributed by atoms with Gasteiger partial charge >= 0.3 is 0 Å². The third kappa shape index (κ3) is 5.10. The molecule has 0 bridgehead atoms. The fraction of sp³-hybridized carbons (Fsp3) is 0.0577. The van der Waals surface area contributed by atoms with Gasteiger partial charge in [-0.1, -0.05) is 159 Å². The third-order valence-electron chi connectivity index (χ3n) is 11.5. The van der Waals surface area contributed by atoms with Crippen LogP contribution in [-0.4, -0.2) is 15.0 Å². The average molecular weight is 718 g/mol. The molecule has 1 aliphatic carbocycles. The summed E-state index contributed by atoms with van der Waals surface area (Å²) in [5, 5.41) is 4.45. The van der Waals surface area contributed by atoms with Gasteiger partial charge in [-0.25, -0.2) is 15.0 Å². The van der Waals surface area contributed by atoms with Crippen molar-refractivity contribution < 1.29 is 4.42 Å². The van der Waals surface area contributed by atoms with E-state index in [2.05, 4.69) is 184 Å². The van der Waals surface area contributed by atoms with E-state index >= 15 is 0 Å². The zero-order valence-corrected chi connectivity index (χ0v) is 31.0. The minimum Gasteiger partial charge on any atom is -0.456 e. The first-order valence-corrected chi connectivity index (χ1v) is 19.1. The van der Waals surface area contributed by atoms with Gasteiger partial charge in [-0.2, -0.15) is 0 Å². The predicted octanol–water partition coefficient (Wildman–Crippen LogP) is 13.6. The molecule has 0 N–H and O–H groups in total. The molecule has 11 rings (SSSR count). The number of benzene rings is 8. The van der Waals surface area contributed by atoms with Crippen LogP contribution >= 0.6 is 0 Å². The van der Waals surface area contributed by atoms with Gasteiger partial charge in [0.1, 0.15) is 11.2 Å². The molecule has 264 valence electrons. The first-order chi connectivity index (χ1) is 27.5. The standard InChI is InChI=1S/C52H35N3O/c1-52(2)44-23-9-8-19-40(44)41-21-11-22-43(48(41)52)51-54-49(37-26-25-33-15-6-7-16-34(33)30-37)53-50(55-51)38-27-28-42-46(31-38)56-45-24-12-20-39(47(42)45)36-18-10-17-35(29-36)32-13-4-3-5-14-32/h3-31H,1-2H3. The Morgan fingerprint density at radius 2 is 1.02 bits per heavy atom. The van der Waals surface area contributed by atoms with Gasteiger partial charge in [0.05, 0.1) is 0 Å². The molecular formula is C52H35N3O. The Bertz CT molecular complexity index is 3180. The molecule has 2 aromatic heterocycles. The Morgan fingerprint density at radius 3 is 1.89 bits per heavy atom. The second kappa shape index (κ2) is 12.4. The van der Waals surface area contributed by atoms with Gasteiger partial charge in [0.25, 0.3) is 0 Å². The number of fused-ring (bicyclic) bond motifs is 7. The average Bonchev–Trinajstić information content (AvgIpc) is 3.75. The SMILES string of the molecule is CC1(C)c2ccccc2-c2cccc(-c3nc(-c4ccc5ccccc5c4)nc(-c4ccc5c(c4)oc4cccc(-c6cccc(-c7ccccc7)c6)c45)n3)c21. The van der Waals surface area contributed by atoms with Crippen LogP contribution in [0.4, 0.5) is 0 Å². The van der Waals surface area contributed by atoms with E-state index < -0.39 is 0 Å². The van der Waals surface area contributed by atoms with Crippen molar-refractivity contribution >= 4 is 32.7 Å². The number of hydrogen-bond acceptors (Lipinski definition) is 4. The van der Waals surface area contributed by atoms with Gasteiger partial charge in [0.2, 0.25) is 0 Å². The van der Waals surface area contributed by atoms with Crippen LogP contribution in [0.25, 0.3) is 100 Å². The summed E-state index contributed by atoms with van der Waals surface area (Å²) in [7, 11) is 0. The second-order valence-corrected chi connectivity index (χ2v) is 15.2. The molecule has 56 heavy (non-hydrogen) atoms. The van der Waals surface area contributed by atoms with E-state index in [1.807, 2.05) is 6.07 Å². The maximum atomic E-state index is 6.62. The fourth-order valence-corrected chi connectivity index (χ4v) is 8.82. The molecule has 0 atom stereocenters. The second-order valence-electron chi connectivity index (χ2n) is 15.2. The molecule has 0 unspecified atom stereocenters. The number of rotatable bonds is 5. The van der Waals surface area contributed by atoms with Crippen molar-refractivity contribution in [2.45, 2.75) is 19.3 Å². The molecule has 0 aliphatic heterocycles. The summed E-state index contributed by atoms with van der Waals surface area (Å²) in [4.78, 5) is 15.7. The first-order valence-electron chi connectivity index (χ1n) is 19.1. The number of aromatic nitrogens is 3. The molecule has 4 nitrogen and oxygen atoms in total. The number of hydrogen-bond donors (Lipinski definition) is 0. The first kappa shape index (κ1) is 32.3. The summed E-state index contributed by atoms with van der Waals surface area (Å²) in [6, 6.07) is 61.9. The van der Waals surface area contributed by atoms with Gasteiger partial charge < -0.3 is 4.42 Å². The maximum Gasteiger partial charge on any atom is 0.164 e. The van der Waals surface area contributed by atoms with E-state index in [4.69, 9.17) is 19.4 Å². The Kier molecular flexibility index (Phi) is 7.17. The third-order valence-corrected chi connectivity index (χ3v) is 11.5. The van der Waals surface area contributed by atoms with Crippen molar-refractivity contribution in [3.8, 4) is 67.5 Å². The molecule has 10 aromatic rings. The topological polar surface area (TPSA) is 51.8 Å². The zero-order valence-electron chi connectivity index (χ0n) is 31.0. The lowest BCUT2D eigenvalue weighted by molar-refractivity contribution is 0.661. The Balaban J connectivity index is 1.09. The van der Waals surface area contributed by atoms with Crippen molar-refractivity contribution in [3.05, 3.63) is 187 Å². The zero-order chi connectivity index (χ0) is 37.4. The van der Waals surface area contributed by atoms with Crippen molar-refractivity contribution in [1.29, 1.82) is 0 Å². The van der Waals surface area contributed by atoms with Crippen LogP contribution in [0.3, 0.4) is 0 Å². The van der Waals surface area contributed by atoms with Gasteiger partial charge in [-0.15, -0.1) is 0 Å². The van der Waals surface area contributed by atoms with Gasteiger partial charge in [0.15, 0.2) is 17.5 Å². The summed E-state index contributed by atoms with van der Waals surface area (Å²) >= 11 is 0. The lowest BCUT2D eigenvalue weighted by Crippen LogP contribution is -2.17. The van der Waals surface area contributed by atoms with Crippen LogP contribution in [0.5, 0.6) is 0 Å². The van der Waals surface area contributed by atoms with E-state index in [1.54, 1.807) is 0 Å². The Morgan fingerprint density at radius 1 is 0.393 bits per heavy atom. The minimum atomic E-state index is -0.232. The van der Waals surface area contributed by atoms with E-state index in [1.165, 1.54) is 38.8 Å². The van der Waals surface area contributed by atoms with Gasteiger partial charge in [-0.05, 0) is 85.6 Å². The molecule has 0 amide bonds. The van der Waals surface area contributed by atoms with E-state index in [9.17, 15) is 0 Å². The highest BCUT2D eigenvalue weighted by atomic mass is 16.3. The van der Waals surface area contributed by atoms with Crippen molar-refractivity contribution in [2.75, 3.05) is 0 Å². The molecular weight excluding hydrogens is 683 g/mol. The summed E-state index contributed by atoms with van der Waals surface area (Å²) in [5.74, 6) is 1.88. The summed E-state index contributed by atoms with van der Waals surface area (Å²) < 4.78 is 6.62. The quantitative estimate of drug-likeness (QED) is 0.178. The minimum absolute atomic E-state index is 0.232. The molecule has 0 spiro atoms. The Hall–Kier alpha value is -7.17. The molecule has 0 saturated carbocycles. The molecule has 0 saturated heterocycles. The van der Waals surface area contributed by atoms with Gasteiger partial charge in [0, 0.05) is 32.9 Å². The monoisotopic (exact) mass is 717 g/mol. The van der Waals surface area contributed by atoms with Crippen molar-refractivity contribution in [2.24, 2.45) is 0 Å². The van der Waals surface area contributed by atoms with Crippen LogP contribution in [0.2, 0.25) is 0 Å². The smallest absolute Gasteiger partial charge is 0.164 e. The van der Waals surface area contributed by atoms with Crippen LogP contribution in [0, 0.1) is 0 Å². The molecule has 0 fully saturated rings. The maximum absolute atomic E-state index is 6.62. The highest BCUT2D eigenvalue weighted by molar-refractivity contribution is 6.13. The van der Waals surface area contributed by atoms with E-state index in [0.717, 1.165) is 55.1 Å². The Labute approximate surface area is 324 Å². The fourth-order valence-electron chi connectivity index (χ4n) is 8.82. The van der Waals surface area contributed by atoms with Crippen LogP contribution in [-0.2, 0) is 5.41 Å². The van der Waals surface area contributed by atoms with E-state index in [-0.39, 0.29) is 5.41 Å². The van der Waals surface area contributed by atoms with Crippen LogP contribution in [0.1, 0.15) is 25.0 Å². The molecule has 8 aromatic carbocycles. The predicted molar refractivity (Wildman–Crippen MR) is 229 cm³/mol. The largest absolute Gasteiger partial charge is 0.456 e. The van der Waals surface area contributed by atoms with Crippen molar-refractivity contribution in [1.82, 2.24) is 15.0 Å². The van der Waals surface area contributed by atoms with E-state index in [0.29, 0.717) is 17.5 Å². The van der Waals surface area contributed by atoms with Crippen LogP contribution in [0.15, 0.2) is 180 Å². The molecule has 2 heterocycles.